The Morgan fingerprint density at radius 3 is 0.900 bits per heavy atom. The first-order chi connectivity index (χ1) is 13.8. The van der Waals surface area contributed by atoms with Gasteiger partial charge in [0.25, 0.3) is 0 Å². The monoisotopic (exact) mass is 522 g/mol. The van der Waals surface area contributed by atoms with E-state index in [1.54, 1.807) is 0 Å². The van der Waals surface area contributed by atoms with Gasteiger partial charge < -0.3 is 3.87 Å². The van der Waals surface area contributed by atoms with Gasteiger partial charge in [0, 0.05) is 0 Å². The molecule has 0 atom stereocenters. The quantitative estimate of drug-likeness (QED) is 0.175. The predicted molar refractivity (Wildman–Crippen MR) is 133 cm³/mol. The fraction of sp³-hybridized carbons (Fsp3) is 1.00. The first kappa shape index (κ1) is 30.6. The predicted octanol–water partition coefficient (Wildman–Crippen LogP) is 7.56. The van der Waals surface area contributed by atoms with Gasteiger partial charge in [-0.15, -0.1) is 0 Å². The zero-order valence-corrected chi connectivity index (χ0v) is 25.4. The van der Waals surface area contributed by atoms with E-state index in [2.05, 4.69) is 62.3 Å². The second-order valence-electron chi connectivity index (χ2n) is 8.69. The molecule has 0 N–H and O–H groups in total. The largest absolute Gasteiger partial charge is 0.522 e. The highest BCUT2D eigenvalue weighted by atomic mass is 32.2. The van der Waals surface area contributed by atoms with Gasteiger partial charge in [0.15, 0.2) is 6.87 Å². The third-order valence-electron chi connectivity index (χ3n) is 8.85. The lowest BCUT2D eigenvalue weighted by molar-refractivity contribution is -0.0500. The van der Waals surface area contributed by atoms with Crippen LogP contribution in [-0.2, 0) is 14.0 Å². The molecular weight excluding hydrogens is 478 g/mol. The molecule has 182 valence electrons. The second kappa shape index (κ2) is 11.1. The van der Waals surface area contributed by atoms with Crippen LogP contribution in [0.15, 0.2) is 0 Å². The molecule has 0 aromatic heterocycles. The maximum absolute atomic E-state index is 13.8. The molecule has 0 saturated heterocycles. The second-order valence-corrected chi connectivity index (χ2v) is 46.5. The summed E-state index contributed by atoms with van der Waals surface area (Å²) in [6.45, 7) is 15.6. The van der Waals surface area contributed by atoms with E-state index in [9.17, 15) is 21.6 Å². The Labute approximate surface area is 187 Å². The number of hydrogen-bond acceptors (Lipinski definition) is 3. The summed E-state index contributed by atoms with van der Waals surface area (Å²) in [6.07, 6.45) is 0. The zero-order valence-electron chi connectivity index (χ0n) is 20.6. The van der Waals surface area contributed by atoms with E-state index in [4.69, 9.17) is 3.87 Å². The molecule has 0 saturated carbocycles. The van der Waals surface area contributed by atoms with Gasteiger partial charge in [0.05, 0.1) is 22.8 Å². The summed E-state index contributed by atoms with van der Waals surface area (Å²) in [5, 5.41) is 0. The van der Waals surface area contributed by atoms with Crippen molar-refractivity contribution in [2.45, 2.75) is 122 Å². The van der Waals surface area contributed by atoms with Crippen molar-refractivity contribution in [2.24, 2.45) is 0 Å². The smallest absolute Gasteiger partial charge is 0.318 e. The molecule has 0 aliphatic carbocycles. The van der Waals surface area contributed by atoms with Crippen LogP contribution < -0.4 is 0 Å². The Bertz CT molecular complexity index is 554. The molecule has 0 unspecified atom stereocenters. The van der Waals surface area contributed by atoms with Crippen molar-refractivity contribution in [3.63, 3.8) is 0 Å². The third kappa shape index (κ3) is 4.49. The molecule has 0 aliphatic rings. The highest BCUT2D eigenvalue weighted by molar-refractivity contribution is 7.97. The molecule has 0 radical (unpaired) electrons. The average Bonchev–Trinajstić information content (AvgIpc) is 2.72. The summed E-state index contributed by atoms with van der Waals surface area (Å²) < 4.78 is 73.1. The highest BCUT2D eigenvalue weighted by Crippen LogP contribution is 2.52. The van der Waals surface area contributed by atoms with E-state index < -0.39 is 45.3 Å². The molecule has 0 aromatic rings. The van der Waals surface area contributed by atoms with E-state index in [-0.39, 0.29) is 0 Å². The Kier molecular flexibility index (Phi) is 11.3. The normalized spacial score (nSPS) is 14.9. The molecule has 3 nitrogen and oxygen atoms in total. The van der Waals surface area contributed by atoms with Crippen LogP contribution in [0.5, 0.6) is 0 Å². The summed E-state index contributed by atoms with van der Waals surface area (Å²) in [6, 6.07) is 7.40. The number of rotatable bonds is 14. The van der Waals surface area contributed by atoms with Gasteiger partial charge in [-0.3, -0.25) is 0 Å². The molecule has 0 aliphatic heterocycles. The number of halogens is 3. The van der Waals surface area contributed by atoms with Crippen molar-refractivity contribution in [1.82, 2.24) is 0 Å². The van der Waals surface area contributed by atoms with Gasteiger partial charge in [-0.2, -0.15) is 21.6 Å². The van der Waals surface area contributed by atoms with Crippen molar-refractivity contribution in [1.29, 1.82) is 0 Å². The van der Waals surface area contributed by atoms with E-state index in [0.717, 1.165) is 54.4 Å². The summed E-state index contributed by atoms with van der Waals surface area (Å²) in [7, 11) is -12.9. The number of hydrogen-bond donors (Lipinski definition) is 0. The molecule has 11 heteroatoms. The van der Waals surface area contributed by atoms with Crippen LogP contribution in [0.1, 0.15) is 62.3 Å². The van der Waals surface area contributed by atoms with Crippen LogP contribution in [-0.4, -0.2) is 43.6 Å². The Morgan fingerprint density at radius 2 is 0.767 bits per heavy atom. The van der Waals surface area contributed by atoms with E-state index in [1.807, 2.05) is 0 Å². The highest BCUT2D eigenvalue weighted by Gasteiger charge is 2.75. The van der Waals surface area contributed by atoms with Gasteiger partial charge >= 0.3 is 15.6 Å². The molecule has 0 heterocycles. The minimum atomic E-state index is -5.63. The van der Waals surface area contributed by atoms with Crippen LogP contribution in [0.4, 0.5) is 13.2 Å². The third-order valence-corrected chi connectivity index (χ3v) is 81.8. The Balaban J connectivity index is 7.93. The lowest BCUT2D eigenvalue weighted by Crippen LogP contribution is -2.90. The SMILES string of the molecule is CC[Si](CC)(CC)[Si](OS(=O)(=O)C(F)(F)F)([Si](CC)(CC)CC)[Si](CC)(CC)CC. The lowest BCUT2D eigenvalue weighted by Gasteiger charge is -2.63. The van der Waals surface area contributed by atoms with Crippen molar-refractivity contribution in [3.8, 4) is 0 Å². The molecule has 0 fully saturated rings. The maximum atomic E-state index is 13.8. The van der Waals surface area contributed by atoms with Crippen molar-refractivity contribution < 1.29 is 25.5 Å². The molecule has 0 amide bonds. The summed E-state index contributed by atoms with van der Waals surface area (Å²) >= 11 is 0. The fourth-order valence-corrected chi connectivity index (χ4v) is 113. The van der Waals surface area contributed by atoms with Crippen LogP contribution in [0.2, 0.25) is 54.4 Å². The molecule has 30 heavy (non-hydrogen) atoms. The van der Waals surface area contributed by atoms with Gasteiger partial charge in [0.1, 0.15) is 0 Å². The molecule has 0 aromatic carbocycles. The zero-order chi connectivity index (χ0) is 24.1. The van der Waals surface area contributed by atoms with Gasteiger partial charge in [-0.25, -0.2) is 0 Å². The van der Waals surface area contributed by atoms with Gasteiger partial charge in [0.2, 0.25) is 0 Å². The Hall–Kier alpha value is 0.568. The van der Waals surface area contributed by atoms with Crippen molar-refractivity contribution in [2.75, 3.05) is 0 Å². The molecule has 0 rings (SSSR count). The van der Waals surface area contributed by atoms with Crippen molar-refractivity contribution >= 4 is 39.8 Å². The summed E-state index contributed by atoms with van der Waals surface area (Å²) in [5.41, 5.74) is -5.36. The standard InChI is InChI=1S/C19H45F3O3SSi4/c1-10-27(11-2,12-3)30(28(13-4,14-5)15-6,29(16-7,17-8)18-9)25-26(23,24)19(20,21)22/h10-18H2,1-9H3. The first-order valence-electron chi connectivity index (χ1n) is 11.8. The molecule has 0 bridgehead atoms. The molecule has 0 spiro atoms. The lowest BCUT2D eigenvalue weighted by atomic mass is 10.9. The fourth-order valence-electron chi connectivity index (χ4n) is 6.65. The maximum Gasteiger partial charge on any atom is 0.522 e. The van der Waals surface area contributed by atoms with Crippen LogP contribution >= 0.6 is 0 Å². The van der Waals surface area contributed by atoms with E-state index in [1.165, 1.54) is 0 Å². The van der Waals surface area contributed by atoms with Crippen molar-refractivity contribution in [3.05, 3.63) is 0 Å². The van der Waals surface area contributed by atoms with Crippen LogP contribution in [0.25, 0.3) is 0 Å². The molecular formula is C19H45F3O3SSi4. The van der Waals surface area contributed by atoms with Crippen LogP contribution in [0.3, 0.4) is 0 Å². The number of alkyl halides is 3. The van der Waals surface area contributed by atoms with Gasteiger partial charge in [-0.05, 0) is 0 Å². The van der Waals surface area contributed by atoms with Gasteiger partial charge in [-0.1, -0.05) is 117 Å². The summed E-state index contributed by atoms with van der Waals surface area (Å²) in [5.74, 6) is 0. The Morgan fingerprint density at radius 1 is 0.567 bits per heavy atom. The average molecular weight is 523 g/mol. The summed E-state index contributed by atoms with van der Waals surface area (Å²) in [4.78, 5) is 0. The van der Waals surface area contributed by atoms with E-state index >= 15 is 0 Å². The van der Waals surface area contributed by atoms with E-state index in [0.29, 0.717) is 0 Å². The topological polar surface area (TPSA) is 43.4 Å². The first-order valence-corrected chi connectivity index (χ1v) is 26.0. The minimum absolute atomic E-state index is 0.823. The minimum Gasteiger partial charge on any atom is -0.318 e. The van der Waals surface area contributed by atoms with Crippen LogP contribution in [0, 0.1) is 0 Å².